The number of aromatic nitrogens is 3. The molecule has 0 aliphatic rings. The summed E-state index contributed by atoms with van der Waals surface area (Å²) in [6, 6.07) is 2.33. The first-order valence-corrected chi connectivity index (χ1v) is 4.39. The van der Waals surface area contributed by atoms with Crippen LogP contribution in [-0.2, 0) is 6.54 Å². The molecule has 15 heavy (non-hydrogen) atoms. The van der Waals surface area contributed by atoms with E-state index in [1.165, 1.54) is 10.7 Å². The van der Waals surface area contributed by atoms with Gasteiger partial charge in [0.2, 0.25) is 0 Å². The zero-order valence-electron chi connectivity index (χ0n) is 7.94. The number of hydrogen-bond donors (Lipinski definition) is 1. The molecule has 0 aliphatic heterocycles. The number of aromatic carboxylic acids is 1. The Morgan fingerprint density at radius 1 is 1.60 bits per heavy atom. The Morgan fingerprint density at radius 3 is 2.93 bits per heavy atom. The molecule has 2 rings (SSSR count). The number of nitrogens with zero attached hydrogens (tertiary/aromatic N) is 3. The molecule has 0 radical (unpaired) electrons. The Bertz CT molecular complexity index is 535. The number of benzene rings is 1. The minimum absolute atomic E-state index is 0.361. The van der Waals surface area contributed by atoms with Gasteiger partial charge in [0.1, 0.15) is 11.3 Å². The van der Waals surface area contributed by atoms with Crippen molar-refractivity contribution in [3.8, 4) is 0 Å². The maximum atomic E-state index is 13.2. The minimum atomic E-state index is -1.29. The van der Waals surface area contributed by atoms with Crippen molar-refractivity contribution >= 4 is 17.0 Å². The summed E-state index contributed by atoms with van der Waals surface area (Å²) in [5, 5.41) is 16.2. The van der Waals surface area contributed by atoms with Gasteiger partial charge in [-0.1, -0.05) is 5.21 Å². The highest BCUT2D eigenvalue weighted by molar-refractivity contribution is 5.92. The third-order valence-corrected chi connectivity index (χ3v) is 2.13. The van der Waals surface area contributed by atoms with Crippen LogP contribution >= 0.6 is 0 Å². The van der Waals surface area contributed by atoms with Crippen LogP contribution in [-0.4, -0.2) is 26.1 Å². The zero-order chi connectivity index (χ0) is 11.0. The average molecular weight is 209 g/mol. The molecule has 1 N–H and O–H groups in total. The van der Waals surface area contributed by atoms with Crippen molar-refractivity contribution in [2.24, 2.45) is 0 Å². The van der Waals surface area contributed by atoms with Crippen LogP contribution in [0, 0.1) is 5.82 Å². The summed E-state index contributed by atoms with van der Waals surface area (Å²) in [5.74, 6) is -2.09. The van der Waals surface area contributed by atoms with E-state index in [1.54, 1.807) is 0 Å². The van der Waals surface area contributed by atoms with E-state index in [2.05, 4.69) is 10.3 Å². The van der Waals surface area contributed by atoms with E-state index in [9.17, 15) is 9.18 Å². The van der Waals surface area contributed by atoms with Crippen LogP contribution in [0.5, 0.6) is 0 Å². The Balaban J connectivity index is 2.75. The van der Waals surface area contributed by atoms with Crippen molar-refractivity contribution in [1.82, 2.24) is 15.0 Å². The van der Waals surface area contributed by atoms with Gasteiger partial charge in [-0.3, -0.25) is 0 Å². The van der Waals surface area contributed by atoms with Crippen LogP contribution in [0.2, 0.25) is 0 Å². The summed E-state index contributed by atoms with van der Waals surface area (Å²) >= 11 is 0. The highest BCUT2D eigenvalue weighted by atomic mass is 19.1. The van der Waals surface area contributed by atoms with Gasteiger partial charge in [0.05, 0.1) is 11.1 Å². The van der Waals surface area contributed by atoms with E-state index < -0.39 is 11.8 Å². The molecular formula is C9H8FN3O2. The fraction of sp³-hybridized carbons (Fsp3) is 0.222. The summed E-state index contributed by atoms with van der Waals surface area (Å²) in [5.41, 5.74) is 0.523. The van der Waals surface area contributed by atoms with Crippen molar-refractivity contribution in [2.45, 2.75) is 13.5 Å². The Labute approximate surface area is 84.1 Å². The van der Waals surface area contributed by atoms with Gasteiger partial charge in [-0.15, -0.1) is 5.10 Å². The Hall–Kier alpha value is -1.98. The normalized spacial score (nSPS) is 10.8. The van der Waals surface area contributed by atoms with Gasteiger partial charge >= 0.3 is 5.97 Å². The highest BCUT2D eigenvalue weighted by Crippen LogP contribution is 2.17. The van der Waals surface area contributed by atoms with Gasteiger partial charge in [-0.05, 0) is 13.0 Å². The number of aryl methyl sites for hydroxylation is 1. The topological polar surface area (TPSA) is 68.0 Å². The molecular weight excluding hydrogens is 201 g/mol. The Kier molecular flexibility index (Phi) is 2.11. The van der Waals surface area contributed by atoms with Crippen molar-refractivity contribution in [3.63, 3.8) is 0 Å². The summed E-state index contributed by atoms with van der Waals surface area (Å²) in [6.45, 7) is 2.40. The lowest BCUT2D eigenvalue weighted by molar-refractivity contribution is 0.0692. The van der Waals surface area contributed by atoms with E-state index in [4.69, 9.17) is 5.11 Å². The average Bonchev–Trinajstić information content (AvgIpc) is 2.58. The first-order chi connectivity index (χ1) is 7.13. The van der Waals surface area contributed by atoms with E-state index >= 15 is 0 Å². The van der Waals surface area contributed by atoms with Gasteiger partial charge in [-0.2, -0.15) is 0 Å². The Morgan fingerprint density at radius 2 is 2.33 bits per heavy atom. The number of rotatable bonds is 2. The monoisotopic (exact) mass is 209 g/mol. The maximum absolute atomic E-state index is 13.2. The predicted molar refractivity (Wildman–Crippen MR) is 50.1 cm³/mol. The molecule has 0 atom stereocenters. The fourth-order valence-corrected chi connectivity index (χ4v) is 1.39. The predicted octanol–water partition coefficient (Wildman–Crippen LogP) is 1.29. The molecule has 0 bridgehead atoms. The highest BCUT2D eigenvalue weighted by Gasteiger charge is 2.14. The molecule has 0 unspecified atom stereocenters. The maximum Gasteiger partial charge on any atom is 0.338 e. The van der Waals surface area contributed by atoms with Crippen molar-refractivity contribution in [1.29, 1.82) is 0 Å². The van der Waals surface area contributed by atoms with Gasteiger partial charge in [0, 0.05) is 12.6 Å². The van der Waals surface area contributed by atoms with Crippen LogP contribution in [0.4, 0.5) is 4.39 Å². The molecule has 1 aromatic heterocycles. The molecule has 78 valence electrons. The molecule has 6 heteroatoms. The largest absolute Gasteiger partial charge is 0.478 e. The summed E-state index contributed by atoms with van der Waals surface area (Å²) < 4.78 is 14.7. The van der Waals surface area contributed by atoms with Crippen LogP contribution in [0.1, 0.15) is 17.3 Å². The number of fused-ring (bicyclic) bond motifs is 1. The molecule has 5 nitrogen and oxygen atoms in total. The van der Waals surface area contributed by atoms with Gasteiger partial charge in [0.15, 0.2) is 0 Å². The van der Waals surface area contributed by atoms with Crippen LogP contribution in [0.3, 0.4) is 0 Å². The van der Waals surface area contributed by atoms with Gasteiger partial charge in [-0.25, -0.2) is 13.9 Å². The lowest BCUT2D eigenvalue weighted by Crippen LogP contribution is -2.02. The summed E-state index contributed by atoms with van der Waals surface area (Å²) in [7, 11) is 0. The van der Waals surface area contributed by atoms with E-state index in [-0.39, 0.29) is 5.56 Å². The lowest BCUT2D eigenvalue weighted by atomic mass is 10.2. The number of halogens is 1. The second-order valence-electron chi connectivity index (χ2n) is 3.03. The number of carbonyl (C=O) groups is 1. The molecule has 0 aliphatic carbocycles. The summed E-state index contributed by atoms with van der Waals surface area (Å²) in [6.07, 6.45) is 0. The van der Waals surface area contributed by atoms with Crippen molar-refractivity contribution < 1.29 is 14.3 Å². The number of hydrogen-bond acceptors (Lipinski definition) is 3. The molecule has 1 aromatic carbocycles. The standard InChI is InChI=1S/C9H8FN3O2/c1-2-13-8-3-5(9(14)15)6(10)4-7(8)11-12-13/h3-4H,2H2,1H3,(H,14,15). The van der Waals surface area contributed by atoms with Crippen molar-refractivity contribution in [2.75, 3.05) is 0 Å². The lowest BCUT2D eigenvalue weighted by Gasteiger charge is -1.99. The van der Waals surface area contributed by atoms with Gasteiger partial charge in [0.25, 0.3) is 0 Å². The summed E-state index contributed by atoms with van der Waals surface area (Å²) in [4.78, 5) is 10.7. The number of carboxylic acid groups (broad SMARTS) is 1. The fourth-order valence-electron chi connectivity index (χ4n) is 1.39. The van der Waals surface area contributed by atoms with E-state index in [0.29, 0.717) is 17.6 Å². The first kappa shape index (κ1) is 9.57. The minimum Gasteiger partial charge on any atom is -0.478 e. The molecule has 1 heterocycles. The smallest absolute Gasteiger partial charge is 0.338 e. The third kappa shape index (κ3) is 1.43. The molecule has 0 amide bonds. The molecule has 2 aromatic rings. The quantitative estimate of drug-likeness (QED) is 0.809. The van der Waals surface area contributed by atoms with Crippen LogP contribution < -0.4 is 0 Å². The second kappa shape index (κ2) is 3.30. The van der Waals surface area contributed by atoms with Crippen LogP contribution in [0.15, 0.2) is 12.1 Å². The second-order valence-corrected chi connectivity index (χ2v) is 3.03. The van der Waals surface area contributed by atoms with Gasteiger partial charge < -0.3 is 5.11 Å². The molecule has 0 spiro atoms. The third-order valence-electron chi connectivity index (χ3n) is 2.13. The SMILES string of the molecule is CCn1nnc2cc(F)c(C(=O)O)cc21. The number of carboxylic acids is 1. The molecule has 0 saturated carbocycles. The first-order valence-electron chi connectivity index (χ1n) is 4.39. The molecule has 0 saturated heterocycles. The van der Waals surface area contributed by atoms with E-state index in [1.807, 2.05) is 6.92 Å². The molecule has 0 fully saturated rings. The van der Waals surface area contributed by atoms with Crippen LogP contribution in [0.25, 0.3) is 11.0 Å². The van der Waals surface area contributed by atoms with Crippen molar-refractivity contribution in [3.05, 3.63) is 23.5 Å². The zero-order valence-corrected chi connectivity index (χ0v) is 7.94. The van der Waals surface area contributed by atoms with E-state index in [0.717, 1.165) is 6.07 Å².